The van der Waals surface area contributed by atoms with E-state index in [1.165, 1.54) is 42.0 Å². The maximum absolute atomic E-state index is 14.1. The van der Waals surface area contributed by atoms with Gasteiger partial charge < -0.3 is 24.2 Å². The summed E-state index contributed by atoms with van der Waals surface area (Å²) in [4.78, 5) is 37.1. The van der Waals surface area contributed by atoms with E-state index in [4.69, 9.17) is 14.2 Å². The van der Waals surface area contributed by atoms with E-state index >= 15 is 0 Å². The molecular formula is C42H45N4O5+. The summed E-state index contributed by atoms with van der Waals surface area (Å²) < 4.78 is 19.2. The van der Waals surface area contributed by atoms with Gasteiger partial charge in [-0.15, -0.1) is 0 Å². The van der Waals surface area contributed by atoms with Gasteiger partial charge in [0.25, 0.3) is 0 Å². The molecule has 7 heterocycles. The molecule has 6 atom stereocenters. The van der Waals surface area contributed by atoms with Gasteiger partial charge in [0.15, 0.2) is 12.7 Å². The molecule has 9 heteroatoms. The molecule has 0 spiro atoms. The Hall–Kier alpha value is -4.89. The van der Waals surface area contributed by atoms with Crippen LogP contribution in [0.3, 0.4) is 0 Å². The van der Waals surface area contributed by atoms with Crippen LogP contribution in [0.5, 0.6) is 0 Å². The minimum Gasteiger partial charge on any atom is -0.497 e. The molecule has 51 heavy (non-hydrogen) atoms. The molecule has 9 nitrogen and oxygen atoms in total. The number of methoxy groups -OCH3 is 2. The number of nitrogens with zero attached hydrogens (tertiary/aromatic N) is 2. The van der Waals surface area contributed by atoms with Crippen LogP contribution in [-0.4, -0.2) is 60.2 Å². The molecular weight excluding hydrogens is 640 g/mol. The van der Waals surface area contributed by atoms with E-state index in [0.717, 1.165) is 59.0 Å². The molecule has 3 aromatic heterocycles. The lowest BCUT2D eigenvalue weighted by molar-refractivity contribution is -0.718. The van der Waals surface area contributed by atoms with Crippen LogP contribution in [0.4, 0.5) is 0 Å². The van der Waals surface area contributed by atoms with Crippen molar-refractivity contribution in [2.75, 3.05) is 27.3 Å². The van der Waals surface area contributed by atoms with Crippen LogP contribution < -0.4 is 4.57 Å². The van der Waals surface area contributed by atoms with Crippen molar-refractivity contribution in [3.63, 3.8) is 0 Å². The standard InChI is InChI=1S/C42H44N4O5/c1-5-24-19-45-15-14-27-26-10-6-8-12-34(26)43-39(27)36(45)17-29(24)31(41(47)49-3)16-25-20-46-21-32-23(2)51-22-33(42(48)50-4)30(32)18-37(46)40-38(25)28-11-7-9-13-35(28)44-40/h5-13,20,22-23,29-32,36,43H,14-19,21H2,1-4H3/p+1. The summed E-state index contributed by atoms with van der Waals surface area (Å²) >= 11 is 0. The Morgan fingerprint density at radius 1 is 1.06 bits per heavy atom. The largest absolute Gasteiger partial charge is 0.497 e. The summed E-state index contributed by atoms with van der Waals surface area (Å²) in [6.45, 7) is 6.73. The van der Waals surface area contributed by atoms with Gasteiger partial charge in [0.2, 0.25) is 5.69 Å². The second kappa shape index (κ2) is 12.4. The number of hydrogen-bond acceptors (Lipinski definition) is 6. The van der Waals surface area contributed by atoms with Gasteiger partial charge in [-0.25, -0.2) is 4.79 Å². The Kier molecular flexibility index (Phi) is 7.80. The molecule has 4 aliphatic heterocycles. The number of fused-ring (bicyclic) bond motifs is 11. The third-order valence-corrected chi connectivity index (χ3v) is 12.6. The molecule has 0 amide bonds. The van der Waals surface area contributed by atoms with Crippen molar-refractivity contribution in [3.05, 3.63) is 101 Å². The van der Waals surface area contributed by atoms with Gasteiger partial charge in [0, 0.05) is 63.9 Å². The molecule has 4 aliphatic rings. The van der Waals surface area contributed by atoms with E-state index in [-0.39, 0.29) is 47.8 Å². The number of para-hydroxylation sites is 2. The Labute approximate surface area is 297 Å². The van der Waals surface area contributed by atoms with Crippen LogP contribution in [0.1, 0.15) is 48.8 Å². The smallest absolute Gasteiger partial charge is 0.337 e. The highest BCUT2D eigenvalue weighted by Gasteiger charge is 2.47. The molecule has 2 aromatic carbocycles. The number of hydrogen-bond donors (Lipinski definition) is 2. The molecule has 1 fully saturated rings. The number of aromatic nitrogens is 3. The second-order valence-corrected chi connectivity index (χ2v) is 14.9. The van der Waals surface area contributed by atoms with Gasteiger partial charge in [-0.2, -0.15) is 4.57 Å². The molecule has 0 aliphatic carbocycles. The zero-order chi connectivity index (χ0) is 35.0. The fraction of sp³-hybridized carbons (Fsp3) is 0.405. The number of pyridine rings is 1. The molecule has 2 N–H and O–H groups in total. The predicted molar refractivity (Wildman–Crippen MR) is 195 cm³/mol. The van der Waals surface area contributed by atoms with Crippen molar-refractivity contribution in [2.24, 2.45) is 23.7 Å². The minimum atomic E-state index is -0.365. The Bertz CT molecular complexity index is 2280. The number of benzene rings is 2. The van der Waals surface area contributed by atoms with Crippen LogP contribution in [0, 0.1) is 23.7 Å². The normalized spacial score (nSPS) is 25.8. The molecule has 6 unspecified atom stereocenters. The van der Waals surface area contributed by atoms with Crippen molar-refractivity contribution in [1.82, 2.24) is 14.9 Å². The van der Waals surface area contributed by atoms with Crippen LogP contribution in [0.2, 0.25) is 0 Å². The van der Waals surface area contributed by atoms with E-state index in [2.05, 4.69) is 94.1 Å². The molecule has 1 saturated heterocycles. The third-order valence-electron chi connectivity index (χ3n) is 12.6. The number of H-pyrrole nitrogens is 2. The van der Waals surface area contributed by atoms with Gasteiger partial charge >= 0.3 is 11.9 Å². The molecule has 0 saturated carbocycles. The summed E-state index contributed by atoms with van der Waals surface area (Å²) in [6.07, 6.45) is 9.15. The van der Waals surface area contributed by atoms with Crippen molar-refractivity contribution in [2.45, 2.75) is 58.2 Å². The highest BCUT2D eigenvalue weighted by atomic mass is 16.5. The minimum absolute atomic E-state index is 0.0167. The number of allylic oxidation sites excluding steroid dienone is 1. The first-order valence-corrected chi connectivity index (χ1v) is 18.3. The van der Waals surface area contributed by atoms with E-state index < -0.39 is 0 Å². The number of piperidine rings is 1. The quantitative estimate of drug-likeness (QED) is 0.129. The molecule has 9 rings (SSSR count). The lowest BCUT2D eigenvalue weighted by atomic mass is 9.73. The number of carbonyl (C=O) groups is 2. The molecule has 0 bridgehead atoms. The number of nitrogens with one attached hydrogen (secondary N) is 2. The Morgan fingerprint density at radius 3 is 2.59 bits per heavy atom. The summed E-state index contributed by atoms with van der Waals surface area (Å²) in [7, 11) is 2.95. The van der Waals surface area contributed by atoms with Crippen LogP contribution in [0.15, 0.2) is 78.2 Å². The monoisotopic (exact) mass is 685 g/mol. The summed E-state index contributed by atoms with van der Waals surface area (Å²) in [6, 6.07) is 17.2. The third kappa shape index (κ3) is 5.03. The van der Waals surface area contributed by atoms with Gasteiger partial charge in [-0.05, 0) is 56.7 Å². The van der Waals surface area contributed by atoms with Crippen LogP contribution in [0.25, 0.3) is 32.7 Å². The summed E-state index contributed by atoms with van der Waals surface area (Å²) in [5.74, 6) is -0.764. The van der Waals surface area contributed by atoms with Crippen molar-refractivity contribution >= 4 is 44.6 Å². The zero-order valence-corrected chi connectivity index (χ0v) is 29.7. The van der Waals surface area contributed by atoms with Crippen LogP contribution in [-0.2, 0) is 49.6 Å². The number of carbonyl (C=O) groups excluding carboxylic acids is 2. The average molecular weight is 686 g/mol. The number of esters is 2. The first-order chi connectivity index (χ1) is 24.9. The Morgan fingerprint density at radius 2 is 1.82 bits per heavy atom. The van der Waals surface area contributed by atoms with E-state index in [1.807, 2.05) is 0 Å². The summed E-state index contributed by atoms with van der Waals surface area (Å²) in [5.41, 5.74) is 10.2. The fourth-order valence-corrected chi connectivity index (χ4v) is 9.99. The highest BCUT2D eigenvalue weighted by Crippen LogP contribution is 2.47. The number of rotatable bonds is 5. The average Bonchev–Trinajstić information content (AvgIpc) is 3.75. The number of aromatic amines is 2. The van der Waals surface area contributed by atoms with E-state index in [1.54, 1.807) is 6.26 Å². The fourth-order valence-electron chi connectivity index (χ4n) is 9.99. The van der Waals surface area contributed by atoms with E-state index in [9.17, 15) is 9.59 Å². The first-order valence-electron chi connectivity index (χ1n) is 18.3. The van der Waals surface area contributed by atoms with Crippen molar-refractivity contribution in [3.8, 4) is 0 Å². The number of ether oxygens (including phenoxy) is 3. The maximum atomic E-state index is 14.1. The topological polar surface area (TPSA) is 101 Å². The van der Waals surface area contributed by atoms with Gasteiger partial charge in [-0.3, -0.25) is 9.69 Å². The first kappa shape index (κ1) is 32.0. The molecule has 0 radical (unpaired) electrons. The van der Waals surface area contributed by atoms with Crippen molar-refractivity contribution in [1.29, 1.82) is 0 Å². The maximum Gasteiger partial charge on any atom is 0.337 e. The second-order valence-electron chi connectivity index (χ2n) is 14.9. The van der Waals surface area contributed by atoms with Gasteiger partial charge in [0.1, 0.15) is 11.6 Å². The highest BCUT2D eigenvalue weighted by molar-refractivity contribution is 6.09. The van der Waals surface area contributed by atoms with Crippen LogP contribution >= 0.6 is 0 Å². The molecule has 5 aromatic rings. The van der Waals surface area contributed by atoms with E-state index in [0.29, 0.717) is 25.0 Å². The lowest BCUT2D eigenvalue weighted by Crippen LogP contribution is -2.54. The lowest BCUT2D eigenvalue weighted by Gasteiger charge is -2.45. The van der Waals surface area contributed by atoms with Crippen molar-refractivity contribution < 1.29 is 28.4 Å². The summed E-state index contributed by atoms with van der Waals surface area (Å²) in [5, 5.41) is 3.59. The SMILES string of the molecule is CC=C1CN2CCc3c([nH]c4ccccc34)C2CC1C(Cc1c[n+]2c(c3[nH]c4ccccc4c13)CC1C(C(=O)OC)=COC(C)C1C2)C(=O)OC. The van der Waals surface area contributed by atoms with Gasteiger partial charge in [0.05, 0.1) is 43.9 Å². The predicted octanol–water partition coefficient (Wildman–Crippen LogP) is 6.25. The molecule has 262 valence electrons. The Balaban J connectivity index is 1.15. The van der Waals surface area contributed by atoms with Gasteiger partial charge in [-0.1, -0.05) is 48.0 Å². The zero-order valence-electron chi connectivity index (χ0n) is 29.7.